The number of nitrogens with one attached hydrogen (secondary N) is 2. The van der Waals surface area contributed by atoms with Gasteiger partial charge in [0.05, 0.1) is 20.8 Å². The number of carbonyl (C=O) groups is 2. The van der Waals surface area contributed by atoms with Gasteiger partial charge in [-0.25, -0.2) is 14.4 Å². The summed E-state index contributed by atoms with van der Waals surface area (Å²) in [5, 5.41) is 6.05. The highest BCUT2D eigenvalue weighted by Crippen LogP contribution is 2.30. The number of ether oxygens (including phenoxy) is 2. The molecule has 0 saturated carbocycles. The summed E-state index contributed by atoms with van der Waals surface area (Å²) in [6.07, 6.45) is 1.53. The predicted molar refractivity (Wildman–Crippen MR) is 139 cm³/mol. The summed E-state index contributed by atoms with van der Waals surface area (Å²) >= 11 is 2.80. The van der Waals surface area contributed by atoms with Gasteiger partial charge in [0.25, 0.3) is 11.8 Å². The van der Waals surface area contributed by atoms with Gasteiger partial charge in [0.1, 0.15) is 22.2 Å². The monoisotopic (exact) mass is 552 g/mol. The van der Waals surface area contributed by atoms with Gasteiger partial charge in [-0.2, -0.15) is 19.8 Å². The first-order valence-electron chi connectivity index (χ1n) is 10.9. The summed E-state index contributed by atoms with van der Waals surface area (Å²) in [5.41, 5.74) is 2.34. The van der Waals surface area contributed by atoms with Gasteiger partial charge >= 0.3 is 10.2 Å². The SMILES string of the molecule is CNS(=O)(=O)NC(=O)c1csc(CN(CCCc2ccsc2)C(=O)c2cc(OC)c(C)c(OC)c2)n1. The van der Waals surface area contributed by atoms with E-state index in [-0.39, 0.29) is 18.1 Å². The van der Waals surface area contributed by atoms with Crippen LogP contribution in [0, 0.1) is 6.92 Å². The summed E-state index contributed by atoms with van der Waals surface area (Å²) in [7, 11) is 0.304. The Morgan fingerprint density at radius 2 is 1.83 bits per heavy atom. The number of hydrogen-bond acceptors (Lipinski definition) is 9. The zero-order valence-corrected chi connectivity index (χ0v) is 22.8. The van der Waals surface area contributed by atoms with Crippen molar-refractivity contribution in [1.29, 1.82) is 0 Å². The van der Waals surface area contributed by atoms with Crippen LogP contribution in [0.1, 0.15) is 43.4 Å². The fourth-order valence-corrected chi connectivity index (χ4v) is 5.37. The zero-order chi connectivity index (χ0) is 26.3. The number of thiophene rings is 1. The molecular formula is C23H28N4O6S3. The van der Waals surface area contributed by atoms with Gasteiger partial charge in [-0.1, -0.05) is 0 Å². The lowest BCUT2D eigenvalue weighted by atomic mass is 10.1. The summed E-state index contributed by atoms with van der Waals surface area (Å²) in [5.74, 6) is -0.0178. The predicted octanol–water partition coefficient (Wildman–Crippen LogP) is 3.00. The van der Waals surface area contributed by atoms with E-state index in [0.717, 1.165) is 18.4 Å². The van der Waals surface area contributed by atoms with Crippen LogP contribution in [-0.2, 0) is 23.2 Å². The normalized spacial score (nSPS) is 11.2. The fraction of sp³-hybridized carbons (Fsp3) is 0.348. The molecule has 0 atom stereocenters. The van der Waals surface area contributed by atoms with Crippen molar-refractivity contribution in [2.75, 3.05) is 27.8 Å². The third-order valence-electron chi connectivity index (χ3n) is 5.37. The van der Waals surface area contributed by atoms with E-state index >= 15 is 0 Å². The standard InChI is InChI=1S/C23H28N4O6S3/c1-15-19(32-3)10-17(11-20(15)33-4)23(29)27(8-5-6-16-7-9-34-13-16)12-21-25-18(14-35-21)22(28)26-36(30,31)24-2/h7,9-11,13-14,24H,5-6,8,12H2,1-4H3,(H,26,28). The molecule has 2 heterocycles. The fourth-order valence-electron chi connectivity index (χ4n) is 3.43. The Balaban J connectivity index is 1.83. The van der Waals surface area contributed by atoms with Gasteiger partial charge in [-0.3, -0.25) is 9.59 Å². The zero-order valence-electron chi connectivity index (χ0n) is 20.4. The molecule has 0 aliphatic rings. The molecule has 2 aromatic heterocycles. The van der Waals surface area contributed by atoms with Gasteiger partial charge in [0, 0.05) is 30.1 Å². The first kappa shape index (κ1) is 27.6. The van der Waals surface area contributed by atoms with Crippen molar-refractivity contribution in [2.45, 2.75) is 26.3 Å². The molecule has 0 spiro atoms. The number of benzene rings is 1. The molecular weight excluding hydrogens is 524 g/mol. The van der Waals surface area contributed by atoms with E-state index in [0.29, 0.717) is 28.6 Å². The average molecular weight is 553 g/mol. The smallest absolute Gasteiger partial charge is 0.301 e. The van der Waals surface area contributed by atoms with E-state index < -0.39 is 16.1 Å². The molecule has 0 radical (unpaired) electrons. The molecule has 0 bridgehead atoms. The lowest BCUT2D eigenvalue weighted by Crippen LogP contribution is -2.38. The Morgan fingerprint density at radius 1 is 1.14 bits per heavy atom. The van der Waals surface area contributed by atoms with Crippen molar-refractivity contribution >= 4 is 44.7 Å². The molecule has 2 N–H and O–H groups in total. The van der Waals surface area contributed by atoms with E-state index in [4.69, 9.17) is 9.47 Å². The lowest BCUT2D eigenvalue weighted by molar-refractivity contribution is 0.0740. The second-order valence-corrected chi connectivity index (χ2v) is 11.1. The number of thiazole rings is 1. The van der Waals surface area contributed by atoms with Crippen molar-refractivity contribution in [1.82, 2.24) is 19.3 Å². The Bertz CT molecular complexity index is 1280. The second-order valence-electron chi connectivity index (χ2n) is 7.73. The molecule has 3 aromatic rings. The molecule has 0 unspecified atom stereocenters. The molecule has 194 valence electrons. The molecule has 10 nitrogen and oxygen atoms in total. The Kier molecular flexibility index (Phi) is 9.43. The van der Waals surface area contributed by atoms with E-state index in [2.05, 4.69) is 16.4 Å². The molecule has 0 aliphatic carbocycles. The maximum Gasteiger partial charge on any atom is 0.301 e. The highest BCUT2D eigenvalue weighted by atomic mass is 32.2. The van der Waals surface area contributed by atoms with Crippen LogP contribution in [0.5, 0.6) is 11.5 Å². The lowest BCUT2D eigenvalue weighted by Gasteiger charge is -2.23. The molecule has 2 amide bonds. The summed E-state index contributed by atoms with van der Waals surface area (Å²) < 4.78 is 38.0. The van der Waals surface area contributed by atoms with E-state index in [9.17, 15) is 18.0 Å². The van der Waals surface area contributed by atoms with Crippen LogP contribution in [0.2, 0.25) is 0 Å². The number of aromatic nitrogens is 1. The van der Waals surface area contributed by atoms with Crippen LogP contribution >= 0.6 is 22.7 Å². The van der Waals surface area contributed by atoms with Gasteiger partial charge in [0.15, 0.2) is 0 Å². The van der Waals surface area contributed by atoms with E-state index in [1.54, 1.807) is 28.4 Å². The van der Waals surface area contributed by atoms with Crippen molar-refractivity contribution in [3.8, 4) is 11.5 Å². The van der Waals surface area contributed by atoms with E-state index in [1.165, 1.54) is 43.5 Å². The van der Waals surface area contributed by atoms with Crippen LogP contribution in [0.4, 0.5) is 0 Å². The Morgan fingerprint density at radius 3 is 2.42 bits per heavy atom. The Labute approximate surface area is 218 Å². The first-order chi connectivity index (χ1) is 17.2. The van der Waals surface area contributed by atoms with Crippen molar-refractivity contribution in [2.24, 2.45) is 0 Å². The second kappa shape index (κ2) is 12.3. The Hall–Kier alpha value is -3.00. The van der Waals surface area contributed by atoms with Crippen molar-refractivity contribution in [3.05, 3.63) is 61.7 Å². The third-order valence-corrected chi connectivity index (χ3v) is 7.92. The summed E-state index contributed by atoms with van der Waals surface area (Å²) in [4.78, 5) is 31.8. The van der Waals surface area contributed by atoms with Crippen molar-refractivity contribution < 1.29 is 27.5 Å². The van der Waals surface area contributed by atoms with Crippen LogP contribution in [0.15, 0.2) is 34.3 Å². The number of carbonyl (C=O) groups excluding carboxylic acids is 2. The largest absolute Gasteiger partial charge is 0.496 e. The summed E-state index contributed by atoms with van der Waals surface area (Å²) in [6.45, 7) is 2.45. The quantitative estimate of drug-likeness (QED) is 0.354. The molecule has 0 aliphatic heterocycles. The van der Waals surface area contributed by atoms with Crippen LogP contribution in [0.3, 0.4) is 0 Å². The molecule has 0 fully saturated rings. The minimum atomic E-state index is -3.95. The summed E-state index contributed by atoms with van der Waals surface area (Å²) in [6, 6.07) is 5.41. The first-order valence-corrected chi connectivity index (χ1v) is 14.2. The maximum atomic E-state index is 13.6. The van der Waals surface area contributed by atoms with Crippen LogP contribution in [0.25, 0.3) is 0 Å². The number of aryl methyl sites for hydroxylation is 1. The number of rotatable bonds is 12. The highest BCUT2D eigenvalue weighted by molar-refractivity contribution is 7.88. The number of methoxy groups -OCH3 is 2. The minimum Gasteiger partial charge on any atom is -0.496 e. The molecule has 36 heavy (non-hydrogen) atoms. The van der Waals surface area contributed by atoms with Gasteiger partial charge in [-0.15, -0.1) is 11.3 Å². The van der Waals surface area contributed by atoms with Crippen LogP contribution < -0.4 is 18.9 Å². The van der Waals surface area contributed by atoms with Gasteiger partial charge in [-0.05, 0) is 54.3 Å². The van der Waals surface area contributed by atoms with Crippen molar-refractivity contribution in [3.63, 3.8) is 0 Å². The maximum absolute atomic E-state index is 13.6. The number of nitrogens with zero attached hydrogens (tertiary/aromatic N) is 2. The average Bonchev–Trinajstić information content (AvgIpc) is 3.55. The minimum absolute atomic E-state index is 0.0434. The number of amides is 2. The molecule has 3 rings (SSSR count). The van der Waals surface area contributed by atoms with Gasteiger partial charge in [0.2, 0.25) is 0 Å². The van der Waals surface area contributed by atoms with Crippen LogP contribution in [-0.4, -0.2) is 57.9 Å². The third kappa shape index (κ3) is 7.03. The topological polar surface area (TPSA) is 127 Å². The molecule has 0 saturated heterocycles. The highest BCUT2D eigenvalue weighted by Gasteiger charge is 2.22. The molecule has 13 heteroatoms. The number of hydrogen-bond donors (Lipinski definition) is 2. The molecule has 1 aromatic carbocycles. The van der Waals surface area contributed by atoms with Gasteiger partial charge < -0.3 is 14.4 Å². The van der Waals surface area contributed by atoms with E-state index in [1.807, 2.05) is 21.7 Å².